The van der Waals surface area contributed by atoms with Gasteiger partial charge in [0.25, 0.3) is 5.91 Å². The number of hydrogen-bond acceptors (Lipinski definition) is 8. The molecule has 3 rings (SSSR count). The number of benzene rings is 1. The van der Waals surface area contributed by atoms with Gasteiger partial charge in [-0.25, -0.2) is 4.79 Å². The highest BCUT2D eigenvalue weighted by Gasteiger charge is 2.51. The van der Waals surface area contributed by atoms with Crippen LogP contribution in [0.1, 0.15) is 71.4 Å². The maximum absolute atomic E-state index is 14.6. The van der Waals surface area contributed by atoms with Crippen molar-refractivity contribution in [3.8, 4) is 0 Å². The topological polar surface area (TPSA) is 133 Å². The first-order chi connectivity index (χ1) is 19.3. The van der Waals surface area contributed by atoms with E-state index < -0.39 is 41.2 Å². The molecule has 2 heterocycles. The molecule has 11 nitrogen and oxygen atoms in total. The molecule has 0 spiro atoms. The average Bonchev–Trinajstić information content (AvgIpc) is 3.33. The summed E-state index contributed by atoms with van der Waals surface area (Å²) in [5.74, 6) is -1.97. The van der Waals surface area contributed by atoms with Gasteiger partial charge in [0.05, 0.1) is 12.0 Å². The molecule has 0 saturated carbocycles. The van der Waals surface area contributed by atoms with Crippen LogP contribution in [-0.2, 0) is 24.6 Å². The summed E-state index contributed by atoms with van der Waals surface area (Å²) < 4.78 is 10.8. The van der Waals surface area contributed by atoms with Crippen molar-refractivity contribution in [1.82, 2.24) is 15.2 Å². The summed E-state index contributed by atoms with van der Waals surface area (Å²) >= 11 is 0. The van der Waals surface area contributed by atoms with Crippen LogP contribution in [0.3, 0.4) is 0 Å². The van der Waals surface area contributed by atoms with Crippen molar-refractivity contribution in [3.05, 3.63) is 35.4 Å². The summed E-state index contributed by atoms with van der Waals surface area (Å²) in [6, 6.07) is 6.55. The Morgan fingerprint density at radius 3 is 2.51 bits per heavy atom. The first kappa shape index (κ1) is 32.3. The minimum Gasteiger partial charge on any atom is -0.481 e. The largest absolute Gasteiger partial charge is 0.481 e. The van der Waals surface area contributed by atoms with Crippen molar-refractivity contribution in [2.75, 3.05) is 33.4 Å². The number of rotatable bonds is 11. The Kier molecular flexibility index (Phi) is 10.7. The molecule has 1 fully saturated rings. The number of methoxy groups -OCH3 is 1. The summed E-state index contributed by atoms with van der Waals surface area (Å²) in [4.78, 5) is 43.0. The number of unbranched alkanes of at least 4 members (excludes halogenated alkanes) is 1. The molecular formula is C30H47N5O6. The van der Waals surface area contributed by atoms with Crippen LogP contribution in [0, 0.1) is 18.8 Å². The lowest BCUT2D eigenvalue weighted by molar-refractivity contribution is -0.148. The van der Waals surface area contributed by atoms with E-state index in [4.69, 9.17) is 9.47 Å². The van der Waals surface area contributed by atoms with E-state index in [1.54, 1.807) is 32.8 Å². The molecule has 2 amide bonds. The number of aryl methyl sites for hydroxylation is 1. The number of carboxylic acids is 1. The normalized spacial score (nSPS) is 24.3. The van der Waals surface area contributed by atoms with E-state index in [1.165, 1.54) is 4.90 Å². The average molecular weight is 574 g/mol. The Morgan fingerprint density at radius 2 is 1.90 bits per heavy atom. The standard InChI is InChI=1S/C30H47N5O6/c1-20(2)17-35(23-16-22(27(37)38)18-34(19-23)28(39)41-29(4,5)6)26(36)25-30(32-33-31-25,14-10-11-15-40-7)24-13-9-8-12-21(24)3/h8-9,12-13,20,22-23,25H,10-11,14-19H2,1-7H3,(H,31,32)(H,37,38)/t22-,23+,25?,30?/m1/s1. The third-order valence-electron chi connectivity index (χ3n) is 7.63. The van der Waals surface area contributed by atoms with Gasteiger partial charge in [0, 0.05) is 33.4 Å². The molecule has 2 aliphatic rings. The predicted octanol–water partition coefficient (Wildman–Crippen LogP) is 4.54. The van der Waals surface area contributed by atoms with Crippen LogP contribution in [0.15, 0.2) is 34.6 Å². The summed E-state index contributed by atoms with van der Waals surface area (Å²) in [6.07, 6.45) is 1.85. The summed E-state index contributed by atoms with van der Waals surface area (Å²) in [5, 5.41) is 18.6. The van der Waals surface area contributed by atoms with Gasteiger partial charge in [-0.15, -0.1) is 0 Å². The fourth-order valence-corrected chi connectivity index (χ4v) is 5.78. The minimum absolute atomic E-state index is 0.0296. The number of ether oxygens (including phenoxy) is 2. The molecule has 2 N–H and O–H groups in total. The zero-order chi connectivity index (χ0) is 30.4. The van der Waals surface area contributed by atoms with Crippen LogP contribution in [0.5, 0.6) is 0 Å². The first-order valence-corrected chi connectivity index (χ1v) is 14.5. The Hall–Kier alpha value is -3.21. The van der Waals surface area contributed by atoms with E-state index >= 15 is 0 Å². The molecule has 4 atom stereocenters. The molecule has 0 aliphatic carbocycles. The van der Waals surface area contributed by atoms with Gasteiger partial charge < -0.3 is 24.4 Å². The molecule has 41 heavy (non-hydrogen) atoms. The van der Waals surface area contributed by atoms with Crippen LogP contribution < -0.4 is 5.43 Å². The number of nitrogens with one attached hydrogen (secondary N) is 1. The molecule has 0 bridgehead atoms. The lowest BCUT2D eigenvalue weighted by Crippen LogP contribution is -2.60. The number of carbonyl (C=O) groups excluding carboxylic acids is 2. The van der Waals surface area contributed by atoms with Crippen molar-refractivity contribution in [1.29, 1.82) is 0 Å². The van der Waals surface area contributed by atoms with E-state index in [2.05, 4.69) is 15.8 Å². The van der Waals surface area contributed by atoms with Gasteiger partial charge in [0.1, 0.15) is 11.1 Å². The third-order valence-corrected chi connectivity index (χ3v) is 7.63. The number of nitrogens with zero attached hydrogens (tertiary/aromatic N) is 4. The van der Waals surface area contributed by atoms with Gasteiger partial charge in [-0.2, -0.15) is 5.11 Å². The van der Waals surface area contributed by atoms with Gasteiger partial charge in [0.2, 0.25) is 0 Å². The van der Waals surface area contributed by atoms with Gasteiger partial charge >= 0.3 is 12.1 Å². The fraction of sp³-hybridized carbons (Fsp3) is 0.700. The summed E-state index contributed by atoms with van der Waals surface area (Å²) in [5.41, 5.74) is 3.59. The monoisotopic (exact) mass is 573 g/mol. The number of likely N-dealkylation sites (tertiary alicyclic amines) is 1. The van der Waals surface area contributed by atoms with Gasteiger partial charge in [-0.05, 0) is 70.4 Å². The second-order valence-electron chi connectivity index (χ2n) is 12.7. The lowest BCUT2D eigenvalue weighted by atomic mass is 9.77. The number of piperidine rings is 1. The quantitative estimate of drug-likeness (QED) is 0.371. The van der Waals surface area contributed by atoms with Crippen LogP contribution in [0.25, 0.3) is 0 Å². The number of amides is 2. The minimum atomic E-state index is -1.00. The molecule has 2 aliphatic heterocycles. The molecule has 1 saturated heterocycles. The van der Waals surface area contributed by atoms with Crippen LogP contribution in [-0.4, -0.2) is 83.9 Å². The second-order valence-corrected chi connectivity index (χ2v) is 12.7. The second kappa shape index (κ2) is 13.6. The molecule has 0 radical (unpaired) electrons. The summed E-state index contributed by atoms with van der Waals surface area (Å²) in [7, 11) is 1.67. The number of carbonyl (C=O) groups is 3. The zero-order valence-corrected chi connectivity index (χ0v) is 25.6. The van der Waals surface area contributed by atoms with Crippen LogP contribution >= 0.6 is 0 Å². The maximum Gasteiger partial charge on any atom is 0.410 e. The van der Waals surface area contributed by atoms with E-state index in [-0.39, 0.29) is 31.3 Å². The molecule has 228 valence electrons. The Balaban J connectivity index is 1.99. The molecule has 1 aromatic rings. The Labute approximate surface area is 243 Å². The Bertz CT molecular complexity index is 1100. The zero-order valence-electron chi connectivity index (χ0n) is 25.6. The van der Waals surface area contributed by atoms with Crippen molar-refractivity contribution in [2.45, 2.75) is 90.4 Å². The third kappa shape index (κ3) is 7.96. The summed E-state index contributed by atoms with van der Waals surface area (Å²) in [6.45, 7) is 12.5. The highest BCUT2D eigenvalue weighted by atomic mass is 16.6. The number of hydrogen-bond donors (Lipinski definition) is 2. The van der Waals surface area contributed by atoms with E-state index in [0.29, 0.717) is 19.6 Å². The van der Waals surface area contributed by atoms with E-state index in [9.17, 15) is 19.5 Å². The molecule has 2 unspecified atom stereocenters. The van der Waals surface area contributed by atoms with Gasteiger partial charge in [0.15, 0.2) is 6.04 Å². The highest BCUT2D eigenvalue weighted by molar-refractivity contribution is 5.85. The molecule has 0 aromatic heterocycles. The van der Waals surface area contributed by atoms with Crippen molar-refractivity contribution in [2.24, 2.45) is 22.2 Å². The SMILES string of the molecule is COCCCCC1(c2ccccc2C)NN=NC1C(=O)N(CC(C)C)[C@H]1C[C@@H](C(=O)O)CN(C(=O)OC(C)(C)C)C1. The van der Waals surface area contributed by atoms with E-state index in [0.717, 1.165) is 24.0 Å². The van der Waals surface area contributed by atoms with Crippen LogP contribution in [0.4, 0.5) is 4.79 Å². The van der Waals surface area contributed by atoms with Crippen molar-refractivity contribution < 1.29 is 29.0 Å². The van der Waals surface area contributed by atoms with Gasteiger partial charge in [-0.3, -0.25) is 15.0 Å². The van der Waals surface area contributed by atoms with E-state index in [1.807, 2.05) is 45.0 Å². The van der Waals surface area contributed by atoms with Crippen LogP contribution in [0.2, 0.25) is 0 Å². The van der Waals surface area contributed by atoms with Gasteiger partial charge in [-0.1, -0.05) is 43.3 Å². The fourth-order valence-electron chi connectivity index (χ4n) is 5.78. The first-order valence-electron chi connectivity index (χ1n) is 14.5. The smallest absolute Gasteiger partial charge is 0.410 e. The maximum atomic E-state index is 14.6. The number of aliphatic carboxylic acids is 1. The molecule has 11 heteroatoms. The van der Waals surface area contributed by atoms with Crippen molar-refractivity contribution in [3.63, 3.8) is 0 Å². The molecular weight excluding hydrogens is 526 g/mol. The lowest BCUT2D eigenvalue weighted by Gasteiger charge is -2.44. The molecule has 1 aromatic carbocycles. The predicted molar refractivity (Wildman–Crippen MR) is 154 cm³/mol. The highest BCUT2D eigenvalue weighted by Crippen LogP contribution is 2.39. The number of carboxylic acid groups (broad SMARTS) is 1. The Morgan fingerprint density at radius 1 is 1.20 bits per heavy atom. The van der Waals surface area contributed by atoms with Crippen molar-refractivity contribution >= 4 is 18.0 Å².